The molecule has 1 fully saturated rings. The van der Waals surface area contributed by atoms with Crippen LogP contribution < -0.4 is 11.1 Å². The first kappa shape index (κ1) is 9.66. The lowest BCUT2D eigenvalue weighted by Gasteiger charge is -2.21. The summed E-state index contributed by atoms with van der Waals surface area (Å²) in [5.41, 5.74) is 8.61. The number of nitrogens with one attached hydrogen (secondary N) is 1. The van der Waals surface area contributed by atoms with Crippen molar-refractivity contribution in [2.75, 3.05) is 12.3 Å². The number of fused-ring (bicyclic) bond motifs is 1. The second kappa shape index (κ2) is 3.79. The number of pyridine rings is 1. The first-order valence-electron chi connectivity index (χ1n) is 5.81. The fraction of sp³-hybridized carbons (Fsp3) is 0.417. The van der Waals surface area contributed by atoms with Crippen LogP contribution in [0.5, 0.6) is 0 Å². The molecule has 0 saturated carbocycles. The molecule has 1 atom stereocenters. The van der Waals surface area contributed by atoms with E-state index < -0.39 is 0 Å². The van der Waals surface area contributed by atoms with Gasteiger partial charge < -0.3 is 15.5 Å². The number of nitrogen functional groups attached to an aromatic ring is 1. The molecule has 2 aromatic heterocycles. The number of imidazole rings is 1. The summed E-state index contributed by atoms with van der Waals surface area (Å²) >= 11 is 0. The van der Waals surface area contributed by atoms with E-state index in [0.717, 1.165) is 23.6 Å². The first-order chi connectivity index (χ1) is 7.84. The number of hydrogen-bond acceptors (Lipinski definition) is 3. The maximum absolute atomic E-state index is 5.90. The lowest BCUT2D eigenvalue weighted by atomic mass is 10.0. The predicted molar refractivity (Wildman–Crippen MR) is 64.2 cm³/mol. The Kier molecular flexibility index (Phi) is 2.29. The maximum atomic E-state index is 5.90. The Morgan fingerprint density at radius 2 is 2.38 bits per heavy atom. The summed E-state index contributed by atoms with van der Waals surface area (Å²) in [5, 5.41) is 3.50. The number of nitrogens with two attached hydrogens (primary N) is 1. The Morgan fingerprint density at radius 3 is 3.12 bits per heavy atom. The van der Waals surface area contributed by atoms with Crippen molar-refractivity contribution in [3.63, 3.8) is 0 Å². The van der Waals surface area contributed by atoms with Crippen molar-refractivity contribution < 1.29 is 0 Å². The molecule has 1 aliphatic rings. The molecular formula is C12H16N4. The van der Waals surface area contributed by atoms with E-state index in [9.17, 15) is 0 Å². The highest BCUT2D eigenvalue weighted by Gasteiger charge is 2.17. The van der Waals surface area contributed by atoms with Crippen LogP contribution in [0, 0.1) is 0 Å². The molecule has 3 rings (SSSR count). The normalized spacial score (nSPS) is 21.4. The molecule has 1 saturated heterocycles. The van der Waals surface area contributed by atoms with Crippen molar-refractivity contribution in [2.24, 2.45) is 0 Å². The molecule has 0 bridgehead atoms. The standard InChI is InChI=1S/C12H16N4/c13-9-4-3-7-16-8-11(15-12(9)16)10-5-1-2-6-14-10/h3-4,7-8,10,14H,1-2,5-6,13H2. The van der Waals surface area contributed by atoms with Crippen LogP contribution in [0.4, 0.5) is 5.69 Å². The fourth-order valence-electron chi connectivity index (χ4n) is 2.33. The lowest BCUT2D eigenvalue weighted by Crippen LogP contribution is -2.26. The summed E-state index contributed by atoms with van der Waals surface area (Å²) < 4.78 is 2.00. The van der Waals surface area contributed by atoms with Crippen molar-refractivity contribution in [3.8, 4) is 0 Å². The van der Waals surface area contributed by atoms with Gasteiger partial charge in [0.05, 0.1) is 17.4 Å². The highest BCUT2D eigenvalue weighted by Crippen LogP contribution is 2.23. The molecule has 1 aliphatic heterocycles. The second-order valence-electron chi connectivity index (χ2n) is 4.36. The van der Waals surface area contributed by atoms with E-state index in [1.807, 2.05) is 22.7 Å². The van der Waals surface area contributed by atoms with Crippen molar-refractivity contribution >= 4 is 11.3 Å². The van der Waals surface area contributed by atoms with Crippen LogP contribution in [0.15, 0.2) is 24.5 Å². The Morgan fingerprint density at radius 1 is 1.44 bits per heavy atom. The summed E-state index contributed by atoms with van der Waals surface area (Å²) in [4.78, 5) is 4.61. The van der Waals surface area contributed by atoms with Gasteiger partial charge in [-0.2, -0.15) is 0 Å². The molecule has 4 heteroatoms. The molecule has 3 heterocycles. The average molecular weight is 216 g/mol. The van der Waals surface area contributed by atoms with E-state index in [0.29, 0.717) is 6.04 Å². The van der Waals surface area contributed by atoms with Crippen LogP contribution in [0.1, 0.15) is 31.0 Å². The molecule has 3 N–H and O–H groups in total. The van der Waals surface area contributed by atoms with Gasteiger partial charge >= 0.3 is 0 Å². The largest absolute Gasteiger partial charge is 0.396 e. The summed E-state index contributed by atoms with van der Waals surface area (Å²) in [6, 6.07) is 4.23. The summed E-state index contributed by atoms with van der Waals surface area (Å²) in [5.74, 6) is 0. The van der Waals surface area contributed by atoms with E-state index in [-0.39, 0.29) is 0 Å². The van der Waals surface area contributed by atoms with E-state index >= 15 is 0 Å². The van der Waals surface area contributed by atoms with E-state index in [2.05, 4.69) is 16.5 Å². The minimum Gasteiger partial charge on any atom is -0.396 e. The molecule has 0 aliphatic carbocycles. The molecule has 0 aromatic carbocycles. The van der Waals surface area contributed by atoms with Crippen LogP contribution in [0.3, 0.4) is 0 Å². The minimum atomic E-state index is 0.396. The van der Waals surface area contributed by atoms with E-state index in [1.54, 1.807) is 0 Å². The third-order valence-electron chi connectivity index (χ3n) is 3.20. The second-order valence-corrected chi connectivity index (χ2v) is 4.36. The molecule has 1 unspecified atom stereocenters. The van der Waals surface area contributed by atoms with Gasteiger partial charge in [0.15, 0.2) is 5.65 Å². The quantitative estimate of drug-likeness (QED) is 0.763. The number of hydrogen-bond donors (Lipinski definition) is 2. The van der Waals surface area contributed by atoms with Gasteiger partial charge in [0.2, 0.25) is 0 Å². The molecule has 0 radical (unpaired) electrons. The topological polar surface area (TPSA) is 55.4 Å². The first-order valence-corrected chi connectivity index (χ1v) is 5.81. The number of rotatable bonds is 1. The number of aromatic nitrogens is 2. The summed E-state index contributed by atoms with van der Waals surface area (Å²) in [6.45, 7) is 1.09. The smallest absolute Gasteiger partial charge is 0.160 e. The maximum Gasteiger partial charge on any atom is 0.160 e. The van der Waals surface area contributed by atoms with Gasteiger partial charge in [0.25, 0.3) is 0 Å². The minimum absolute atomic E-state index is 0.396. The predicted octanol–water partition coefficient (Wildman–Crippen LogP) is 1.73. The zero-order chi connectivity index (χ0) is 11.0. The molecule has 2 aromatic rings. The molecule has 0 spiro atoms. The van der Waals surface area contributed by atoms with Gasteiger partial charge in [-0.1, -0.05) is 6.42 Å². The van der Waals surface area contributed by atoms with Crippen molar-refractivity contribution in [3.05, 3.63) is 30.2 Å². The SMILES string of the molecule is Nc1cccn2cc(C3CCCCN3)nc12. The monoisotopic (exact) mass is 216 g/mol. The van der Waals surface area contributed by atoms with Crippen LogP contribution in [0.2, 0.25) is 0 Å². The molecule has 4 nitrogen and oxygen atoms in total. The highest BCUT2D eigenvalue weighted by atomic mass is 15.0. The van der Waals surface area contributed by atoms with Gasteiger partial charge in [-0.15, -0.1) is 0 Å². The van der Waals surface area contributed by atoms with Crippen molar-refractivity contribution in [2.45, 2.75) is 25.3 Å². The Labute approximate surface area is 94.5 Å². The molecule has 0 amide bonds. The van der Waals surface area contributed by atoms with Gasteiger partial charge in [0, 0.05) is 12.4 Å². The number of nitrogens with zero attached hydrogens (tertiary/aromatic N) is 2. The Hall–Kier alpha value is -1.55. The zero-order valence-corrected chi connectivity index (χ0v) is 9.19. The van der Waals surface area contributed by atoms with E-state index in [4.69, 9.17) is 5.73 Å². The number of piperidine rings is 1. The fourth-order valence-corrected chi connectivity index (χ4v) is 2.33. The van der Waals surface area contributed by atoms with Gasteiger partial charge in [-0.25, -0.2) is 4.98 Å². The summed E-state index contributed by atoms with van der Waals surface area (Å²) in [6.07, 6.45) is 7.79. The third kappa shape index (κ3) is 1.55. The molecule has 84 valence electrons. The van der Waals surface area contributed by atoms with E-state index in [1.165, 1.54) is 19.3 Å². The molecule has 16 heavy (non-hydrogen) atoms. The Balaban J connectivity index is 2.01. The van der Waals surface area contributed by atoms with Gasteiger partial charge in [-0.05, 0) is 31.5 Å². The molecular weight excluding hydrogens is 200 g/mol. The van der Waals surface area contributed by atoms with Crippen LogP contribution >= 0.6 is 0 Å². The van der Waals surface area contributed by atoms with Crippen molar-refractivity contribution in [1.29, 1.82) is 0 Å². The van der Waals surface area contributed by atoms with Crippen LogP contribution in [-0.2, 0) is 0 Å². The average Bonchev–Trinajstić information content (AvgIpc) is 2.76. The van der Waals surface area contributed by atoms with Gasteiger partial charge in [-0.3, -0.25) is 0 Å². The van der Waals surface area contributed by atoms with Gasteiger partial charge in [0.1, 0.15) is 0 Å². The summed E-state index contributed by atoms with van der Waals surface area (Å²) in [7, 11) is 0. The lowest BCUT2D eigenvalue weighted by molar-refractivity contribution is 0.406. The zero-order valence-electron chi connectivity index (χ0n) is 9.19. The van der Waals surface area contributed by atoms with Crippen LogP contribution in [0.25, 0.3) is 5.65 Å². The Bertz CT molecular complexity index is 497. The van der Waals surface area contributed by atoms with Crippen LogP contribution in [-0.4, -0.2) is 15.9 Å². The number of anilines is 1. The third-order valence-corrected chi connectivity index (χ3v) is 3.20. The highest BCUT2D eigenvalue weighted by molar-refractivity contribution is 5.64. The van der Waals surface area contributed by atoms with Crippen molar-refractivity contribution in [1.82, 2.24) is 14.7 Å².